The van der Waals surface area contributed by atoms with Crippen LogP contribution in [0.5, 0.6) is 0 Å². The Labute approximate surface area is 201 Å². The molecule has 1 fully saturated rings. The Morgan fingerprint density at radius 3 is 2.42 bits per heavy atom. The first-order chi connectivity index (χ1) is 15.7. The second-order valence-electron chi connectivity index (χ2n) is 7.87. The van der Waals surface area contributed by atoms with Gasteiger partial charge in [0.2, 0.25) is 0 Å². The molecule has 4 nitrogen and oxygen atoms in total. The highest BCUT2D eigenvalue weighted by Gasteiger charge is 2.41. The van der Waals surface area contributed by atoms with Gasteiger partial charge in [-0.3, -0.25) is 4.98 Å². The molecule has 3 rings (SSSR count). The van der Waals surface area contributed by atoms with Crippen molar-refractivity contribution in [1.82, 2.24) is 15.2 Å². The Morgan fingerprint density at radius 2 is 1.85 bits per heavy atom. The minimum Gasteiger partial charge on any atom is -0.379 e. The third-order valence-electron chi connectivity index (χ3n) is 4.78. The van der Waals surface area contributed by atoms with Crippen molar-refractivity contribution in [3.63, 3.8) is 0 Å². The number of benzene rings is 1. The second-order valence-corrected chi connectivity index (χ2v) is 7.87. The molecule has 0 bridgehead atoms. The summed E-state index contributed by atoms with van der Waals surface area (Å²) in [5, 5.41) is 13.6. The maximum Gasteiger partial charge on any atom is 0.128 e. The fourth-order valence-corrected chi connectivity index (χ4v) is 3.42. The first-order valence-electron chi connectivity index (χ1n) is 12.0. The largest absolute Gasteiger partial charge is 0.379 e. The molecular formula is C28H43FN4. The number of nitrogens with zero attached hydrogens (tertiary/aromatic N) is 3. The Morgan fingerprint density at radius 1 is 1.24 bits per heavy atom. The summed E-state index contributed by atoms with van der Waals surface area (Å²) in [6, 6.07) is 9.72. The predicted octanol–water partition coefficient (Wildman–Crippen LogP) is 7.41. The number of hydrogen-bond donors (Lipinski definition) is 1. The summed E-state index contributed by atoms with van der Waals surface area (Å²) < 4.78 is 14.3. The number of fused-ring (bicyclic) bond motifs is 1. The highest BCUT2D eigenvalue weighted by atomic mass is 19.1. The van der Waals surface area contributed by atoms with E-state index < -0.39 is 11.7 Å². The number of hydrogen-bond acceptors (Lipinski definition) is 4. The van der Waals surface area contributed by atoms with Crippen molar-refractivity contribution in [2.24, 2.45) is 0 Å². The van der Waals surface area contributed by atoms with E-state index in [9.17, 15) is 9.65 Å². The molecular weight excluding hydrogens is 411 g/mol. The molecule has 0 saturated carbocycles. The van der Waals surface area contributed by atoms with E-state index in [0.29, 0.717) is 12.2 Å². The van der Waals surface area contributed by atoms with Crippen LogP contribution in [0.2, 0.25) is 0 Å². The van der Waals surface area contributed by atoms with Crippen LogP contribution in [-0.4, -0.2) is 34.7 Å². The number of pyridine rings is 1. The van der Waals surface area contributed by atoms with Crippen molar-refractivity contribution < 1.29 is 4.39 Å². The first kappa shape index (κ1) is 30.1. The summed E-state index contributed by atoms with van der Waals surface area (Å²) in [4.78, 5) is 6.13. The molecule has 1 aromatic heterocycles. The molecule has 2 unspecified atom stereocenters. The molecule has 5 heteroatoms. The van der Waals surface area contributed by atoms with E-state index in [1.165, 1.54) is 13.3 Å². The standard InChI is InChI=1S/C21H23FN4.C3H8.2C2H6/c1-14-5-6-20-19(9-14)18(7-8-24-20)16(3)25-12-15(2)26-13-21(4,22)10-17(26)11-23;1-3-2;2*1-2/h5-9,17,25H,2-3,10,12-13H2,1,4H3;3H2,1-2H3;2*1-2H3. The lowest BCUT2D eigenvalue weighted by Gasteiger charge is -2.25. The van der Waals surface area contributed by atoms with Gasteiger partial charge >= 0.3 is 0 Å². The summed E-state index contributed by atoms with van der Waals surface area (Å²) in [5.74, 6) is 0. The van der Waals surface area contributed by atoms with Gasteiger partial charge in [-0.05, 0) is 32.0 Å². The molecule has 1 aromatic carbocycles. The number of likely N-dealkylation sites (tertiary alicyclic amines) is 1. The van der Waals surface area contributed by atoms with Gasteiger partial charge in [0.15, 0.2) is 0 Å². The summed E-state index contributed by atoms with van der Waals surface area (Å²) >= 11 is 0. The average molecular weight is 455 g/mol. The van der Waals surface area contributed by atoms with Crippen LogP contribution < -0.4 is 5.32 Å². The van der Waals surface area contributed by atoms with Crippen molar-refractivity contribution in [2.75, 3.05) is 13.1 Å². The van der Waals surface area contributed by atoms with E-state index in [1.807, 2.05) is 52.8 Å². The number of nitriles is 1. The van der Waals surface area contributed by atoms with Crippen LogP contribution in [0.1, 0.15) is 72.4 Å². The third kappa shape index (κ3) is 8.88. The van der Waals surface area contributed by atoms with Gasteiger partial charge in [0, 0.05) is 35.0 Å². The zero-order chi connectivity index (χ0) is 25.6. The fraction of sp³-hybridized carbons (Fsp3) is 0.500. The molecule has 2 aromatic rings. The molecule has 1 aliphatic rings. The molecule has 1 N–H and O–H groups in total. The number of rotatable bonds is 5. The molecule has 1 aliphatic heterocycles. The SMILES string of the molecule is C=C(NCC(=C)N1CC(C)(F)CC1C#N)c1ccnc2ccc(C)cc12.CC.CC.CCC. The van der Waals surface area contributed by atoms with Crippen LogP contribution in [-0.2, 0) is 0 Å². The summed E-state index contributed by atoms with van der Waals surface area (Å²) in [6.45, 7) is 24.6. The molecule has 0 amide bonds. The molecule has 0 aliphatic carbocycles. The lowest BCUT2D eigenvalue weighted by atomic mass is 10.0. The van der Waals surface area contributed by atoms with Crippen LogP contribution in [0, 0.1) is 18.3 Å². The average Bonchev–Trinajstić information content (AvgIpc) is 3.14. The normalized spacial score (nSPS) is 18.4. The lowest BCUT2D eigenvalue weighted by molar-refractivity contribution is 0.199. The van der Waals surface area contributed by atoms with Crippen LogP contribution in [0.4, 0.5) is 4.39 Å². The van der Waals surface area contributed by atoms with Gasteiger partial charge in [0.05, 0.1) is 24.7 Å². The maximum absolute atomic E-state index is 14.3. The van der Waals surface area contributed by atoms with E-state index in [4.69, 9.17) is 0 Å². The predicted molar refractivity (Wildman–Crippen MR) is 142 cm³/mol. The van der Waals surface area contributed by atoms with E-state index in [-0.39, 0.29) is 13.0 Å². The molecule has 182 valence electrons. The minimum atomic E-state index is -1.36. The zero-order valence-electron chi connectivity index (χ0n) is 21.9. The Bertz CT molecular complexity index is 927. The Hall–Kier alpha value is -2.87. The van der Waals surface area contributed by atoms with E-state index in [1.54, 1.807) is 11.1 Å². The Kier molecular flexibility index (Phi) is 13.7. The maximum atomic E-state index is 14.3. The highest BCUT2D eigenvalue weighted by molar-refractivity contribution is 5.91. The molecule has 2 atom stereocenters. The van der Waals surface area contributed by atoms with Gasteiger partial charge in [-0.25, -0.2) is 4.39 Å². The van der Waals surface area contributed by atoms with Crippen molar-refractivity contribution in [3.8, 4) is 6.07 Å². The number of nitrogens with one attached hydrogen (secondary N) is 1. The van der Waals surface area contributed by atoms with Crippen molar-refractivity contribution >= 4 is 16.6 Å². The molecule has 0 spiro atoms. The van der Waals surface area contributed by atoms with E-state index in [2.05, 4.69) is 49.4 Å². The quantitative estimate of drug-likeness (QED) is 0.511. The summed E-state index contributed by atoms with van der Waals surface area (Å²) in [5.41, 5.74) is 3.11. The van der Waals surface area contributed by atoms with Gasteiger partial charge in [0.25, 0.3) is 0 Å². The fourth-order valence-electron chi connectivity index (χ4n) is 3.42. The Balaban J connectivity index is 0.00000132. The van der Waals surface area contributed by atoms with Crippen LogP contribution >= 0.6 is 0 Å². The number of halogens is 1. The van der Waals surface area contributed by atoms with Crippen LogP contribution in [0.15, 0.2) is 49.3 Å². The molecule has 33 heavy (non-hydrogen) atoms. The van der Waals surface area contributed by atoms with Crippen LogP contribution in [0.3, 0.4) is 0 Å². The van der Waals surface area contributed by atoms with Gasteiger partial charge in [0.1, 0.15) is 11.7 Å². The second kappa shape index (κ2) is 15.1. The van der Waals surface area contributed by atoms with Crippen molar-refractivity contribution in [3.05, 3.63) is 60.4 Å². The monoisotopic (exact) mass is 454 g/mol. The van der Waals surface area contributed by atoms with Gasteiger partial charge in [-0.2, -0.15) is 5.26 Å². The minimum absolute atomic E-state index is 0.190. The number of aromatic nitrogens is 1. The zero-order valence-corrected chi connectivity index (χ0v) is 21.9. The topological polar surface area (TPSA) is 52.0 Å². The van der Waals surface area contributed by atoms with Crippen LogP contribution in [0.25, 0.3) is 16.6 Å². The van der Waals surface area contributed by atoms with Crippen molar-refractivity contribution in [2.45, 2.75) is 79.9 Å². The molecule has 0 radical (unpaired) electrons. The number of alkyl halides is 1. The first-order valence-corrected chi connectivity index (χ1v) is 12.0. The molecule has 1 saturated heterocycles. The number of aryl methyl sites for hydroxylation is 1. The third-order valence-corrected chi connectivity index (χ3v) is 4.78. The van der Waals surface area contributed by atoms with Gasteiger partial charge < -0.3 is 10.2 Å². The van der Waals surface area contributed by atoms with Gasteiger partial charge in [-0.1, -0.05) is 72.8 Å². The van der Waals surface area contributed by atoms with Gasteiger partial charge in [-0.15, -0.1) is 0 Å². The van der Waals surface area contributed by atoms with Crippen molar-refractivity contribution in [1.29, 1.82) is 5.26 Å². The van der Waals surface area contributed by atoms with E-state index in [0.717, 1.165) is 27.7 Å². The highest BCUT2D eigenvalue weighted by Crippen LogP contribution is 2.32. The summed E-state index contributed by atoms with van der Waals surface area (Å²) in [7, 11) is 0. The van der Waals surface area contributed by atoms with E-state index >= 15 is 0 Å². The lowest BCUT2D eigenvalue weighted by Crippen LogP contribution is -2.33. The smallest absolute Gasteiger partial charge is 0.128 e. The molecule has 2 heterocycles. The summed E-state index contributed by atoms with van der Waals surface area (Å²) in [6.07, 6.45) is 3.22.